The van der Waals surface area contributed by atoms with E-state index in [2.05, 4.69) is 0 Å². The Morgan fingerprint density at radius 2 is 1.56 bits per heavy atom. The number of amides is 2. The van der Waals surface area contributed by atoms with E-state index in [1.165, 1.54) is 0 Å². The number of halogens is 3. The Balaban J connectivity index is 1.79. The number of rotatable bonds is 8. The molecule has 0 heterocycles. The lowest BCUT2D eigenvalue weighted by Gasteiger charge is -2.35. The van der Waals surface area contributed by atoms with Crippen molar-refractivity contribution < 1.29 is 42.5 Å². The number of ether oxygens (including phenoxy) is 1. The fraction of sp³-hybridized carbons (Fsp3) is 0.348. The van der Waals surface area contributed by atoms with E-state index in [0.29, 0.717) is 11.8 Å². The zero-order valence-corrected chi connectivity index (χ0v) is 18.1. The first-order valence-electron chi connectivity index (χ1n) is 10.3. The van der Waals surface area contributed by atoms with Crippen LogP contribution in [0.15, 0.2) is 48.5 Å². The van der Waals surface area contributed by atoms with Crippen molar-refractivity contribution in [2.24, 2.45) is 0 Å². The molecule has 0 aromatic heterocycles. The minimum Gasteiger partial charge on any atom is -0.480 e. The number of aliphatic hydroxyl groups excluding tert-OH is 1. The number of aliphatic hydroxyl groups is 1. The van der Waals surface area contributed by atoms with E-state index in [9.17, 15) is 27.6 Å². The van der Waals surface area contributed by atoms with Gasteiger partial charge in [-0.15, -0.1) is 0 Å². The smallest absolute Gasteiger partial charge is 0.420 e. The second-order valence-electron chi connectivity index (χ2n) is 7.92. The monoisotopic (exact) mass is 480 g/mol. The van der Waals surface area contributed by atoms with Crippen LogP contribution >= 0.6 is 0 Å². The van der Waals surface area contributed by atoms with Crippen molar-refractivity contribution in [3.8, 4) is 11.1 Å². The molecule has 8 nitrogen and oxygen atoms in total. The standard InChI is InChI=1S/C23H23F3N2O6/c1-22(23(24,25)26,20(32)28(10-11-29)12-19(30)31)27-21(33)34-13-18-16-8-4-2-6-14(16)15-7-3-5-9-17(15)18/h2-9,18,29H,10-13H2,1H3,(H,27,33)(H,30,31). The number of aliphatic carboxylic acids is 1. The van der Waals surface area contributed by atoms with Crippen molar-refractivity contribution in [2.45, 2.75) is 24.6 Å². The van der Waals surface area contributed by atoms with Gasteiger partial charge in [0.2, 0.25) is 5.54 Å². The van der Waals surface area contributed by atoms with Gasteiger partial charge in [0.1, 0.15) is 13.2 Å². The molecule has 2 aromatic carbocycles. The van der Waals surface area contributed by atoms with Crippen molar-refractivity contribution in [1.82, 2.24) is 10.2 Å². The third-order valence-electron chi connectivity index (χ3n) is 5.67. The molecule has 0 saturated heterocycles. The van der Waals surface area contributed by atoms with Gasteiger partial charge in [0.15, 0.2) is 0 Å². The summed E-state index contributed by atoms with van der Waals surface area (Å²) in [6, 6.07) is 14.8. The molecular formula is C23H23F3N2O6. The molecule has 0 spiro atoms. The fourth-order valence-corrected chi connectivity index (χ4v) is 3.94. The highest BCUT2D eigenvalue weighted by molar-refractivity contribution is 5.92. The summed E-state index contributed by atoms with van der Waals surface area (Å²) in [5, 5.41) is 19.5. The van der Waals surface area contributed by atoms with E-state index in [0.717, 1.165) is 22.3 Å². The quantitative estimate of drug-likeness (QED) is 0.535. The topological polar surface area (TPSA) is 116 Å². The lowest BCUT2D eigenvalue weighted by atomic mass is 9.98. The molecule has 0 bridgehead atoms. The highest BCUT2D eigenvalue weighted by atomic mass is 19.4. The molecule has 1 aliphatic carbocycles. The second-order valence-corrected chi connectivity index (χ2v) is 7.92. The predicted molar refractivity (Wildman–Crippen MR) is 114 cm³/mol. The Hall–Kier alpha value is -3.60. The third kappa shape index (κ3) is 4.84. The molecule has 11 heteroatoms. The molecule has 0 radical (unpaired) electrons. The van der Waals surface area contributed by atoms with E-state index in [-0.39, 0.29) is 6.61 Å². The summed E-state index contributed by atoms with van der Waals surface area (Å²) >= 11 is 0. The zero-order valence-electron chi connectivity index (χ0n) is 18.1. The number of nitrogens with zero attached hydrogens (tertiary/aromatic N) is 1. The van der Waals surface area contributed by atoms with Gasteiger partial charge >= 0.3 is 18.2 Å². The first-order chi connectivity index (χ1) is 16.0. The van der Waals surface area contributed by atoms with Gasteiger partial charge in [-0.2, -0.15) is 13.2 Å². The van der Waals surface area contributed by atoms with Crippen molar-refractivity contribution in [3.63, 3.8) is 0 Å². The number of alkyl halides is 3. The van der Waals surface area contributed by atoms with Crippen molar-refractivity contribution in [3.05, 3.63) is 59.7 Å². The summed E-state index contributed by atoms with van der Waals surface area (Å²) in [6.07, 6.45) is -6.77. The van der Waals surface area contributed by atoms with E-state index >= 15 is 0 Å². The number of alkyl carbamates (subject to hydrolysis) is 1. The minimum atomic E-state index is -5.28. The van der Waals surface area contributed by atoms with Crippen LogP contribution in [0.2, 0.25) is 0 Å². The Kier molecular flexibility index (Phi) is 7.15. The zero-order chi connectivity index (χ0) is 25.1. The van der Waals surface area contributed by atoms with Crippen LogP contribution in [0, 0.1) is 0 Å². The van der Waals surface area contributed by atoms with Gasteiger partial charge in [-0.3, -0.25) is 14.9 Å². The van der Waals surface area contributed by atoms with Gasteiger partial charge in [0.05, 0.1) is 6.61 Å². The van der Waals surface area contributed by atoms with Gasteiger partial charge in [-0.1, -0.05) is 48.5 Å². The van der Waals surface area contributed by atoms with Crippen LogP contribution < -0.4 is 5.32 Å². The van der Waals surface area contributed by atoms with Crippen LogP contribution in [-0.4, -0.2) is 71.1 Å². The lowest BCUT2D eigenvalue weighted by molar-refractivity contribution is -0.201. The largest absolute Gasteiger partial charge is 0.480 e. The van der Waals surface area contributed by atoms with E-state index in [1.54, 1.807) is 17.4 Å². The maximum absolute atomic E-state index is 13.9. The van der Waals surface area contributed by atoms with Crippen LogP contribution in [-0.2, 0) is 14.3 Å². The number of hydrogen-bond donors (Lipinski definition) is 3. The molecular weight excluding hydrogens is 457 g/mol. The van der Waals surface area contributed by atoms with Gasteiger partial charge in [0, 0.05) is 12.5 Å². The molecule has 3 rings (SSSR count). The van der Waals surface area contributed by atoms with Crippen molar-refractivity contribution in [2.75, 3.05) is 26.3 Å². The van der Waals surface area contributed by atoms with E-state index in [4.69, 9.17) is 14.9 Å². The number of hydrogen-bond acceptors (Lipinski definition) is 5. The number of benzene rings is 2. The fourth-order valence-electron chi connectivity index (χ4n) is 3.94. The molecule has 0 saturated carbocycles. The number of carboxylic acid groups (broad SMARTS) is 1. The average molecular weight is 480 g/mol. The van der Waals surface area contributed by atoms with Crippen LogP contribution in [0.25, 0.3) is 11.1 Å². The summed E-state index contributed by atoms with van der Waals surface area (Å²) in [5.74, 6) is -3.72. The normalized spacial score (nSPS) is 14.5. The number of carbonyl (C=O) groups is 3. The summed E-state index contributed by atoms with van der Waals surface area (Å²) in [7, 11) is 0. The van der Waals surface area contributed by atoms with Crippen molar-refractivity contribution in [1.29, 1.82) is 0 Å². The molecule has 3 N–H and O–H groups in total. The van der Waals surface area contributed by atoms with Crippen LogP contribution in [0.4, 0.5) is 18.0 Å². The summed E-state index contributed by atoms with van der Waals surface area (Å²) in [4.78, 5) is 36.3. The number of carboxylic acids is 1. The molecule has 34 heavy (non-hydrogen) atoms. The molecule has 0 fully saturated rings. The number of nitrogens with one attached hydrogen (secondary N) is 1. The van der Waals surface area contributed by atoms with E-state index < -0.39 is 55.3 Å². The molecule has 2 aromatic rings. The first-order valence-corrected chi connectivity index (χ1v) is 10.3. The Morgan fingerprint density at radius 1 is 1.03 bits per heavy atom. The summed E-state index contributed by atoms with van der Waals surface area (Å²) in [5.41, 5.74) is 0.0788. The summed E-state index contributed by atoms with van der Waals surface area (Å²) in [6.45, 7) is -2.38. The van der Waals surface area contributed by atoms with Crippen molar-refractivity contribution >= 4 is 18.0 Å². The average Bonchev–Trinajstić information content (AvgIpc) is 3.09. The Morgan fingerprint density at radius 3 is 2.03 bits per heavy atom. The van der Waals surface area contributed by atoms with E-state index in [1.807, 2.05) is 36.4 Å². The van der Waals surface area contributed by atoms with Crippen LogP contribution in [0.1, 0.15) is 24.0 Å². The van der Waals surface area contributed by atoms with Crippen LogP contribution in [0.5, 0.6) is 0 Å². The SMILES string of the molecule is CC(NC(=O)OCC1c2ccccc2-c2ccccc21)(C(=O)N(CCO)CC(=O)O)C(F)(F)F. The number of carbonyl (C=O) groups excluding carboxylic acids is 2. The number of fused-ring (bicyclic) bond motifs is 3. The second kappa shape index (κ2) is 9.72. The lowest BCUT2D eigenvalue weighted by Crippen LogP contribution is -2.66. The maximum atomic E-state index is 13.9. The molecule has 0 aliphatic heterocycles. The molecule has 182 valence electrons. The van der Waals surface area contributed by atoms with Gasteiger partial charge < -0.3 is 19.8 Å². The van der Waals surface area contributed by atoms with Crippen LogP contribution in [0.3, 0.4) is 0 Å². The molecule has 1 aliphatic rings. The highest BCUT2D eigenvalue weighted by Gasteiger charge is 2.59. The highest BCUT2D eigenvalue weighted by Crippen LogP contribution is 2.44. The molecule has 1 unspecified atom stereocenters. The summed E-state index contributed by atoms with van der Waals surface area (Å²) < 4.78 is 46.7. The predicted octanol–water partition coefficient (Wildman–Crippen LogP) is 2.75. The van der Waals surface area contributed by atoms with Gasteiger partial charge in [-0.05, 0) is 29.2 Å². The van der Waals surface area contributed by atoms with Gasteiger partial charge in [0.25, 0.3) is 5.91 Å². The third-order valence-corrected chi connectivity index (χ3v) is 5.67. The maximum Gasteiger partial charge on any atom is 0.420 e. The Labute approximate surface area is 192 Å². The minimum absolute atomic E-state index is 0.280. The Bertz CT molecular complexity index is 1040. The molecule has 1 atom stereocenters. The van der Waals surface area contributed by atoms with Gasteiger partial charge in [-0.25, -0.2) is 4.79 Å². The molecule has 2 amide bonds. The first kappa shape index (κ1) is 25.0.